The Labute approximate surface area is 326 Å². The van der Waals surface area contributed by atoms with Crippen molar-refractivity contribution in [2.24, 2.45) is 0 Å². The van der Waals surface area contributed by atoms with E-state index >= 15 is 0 Å². The summed E-state index contributed by atoms with van der Waals surface area (Å²) in [5.41, 5.74) is 0.201. The van der Waals surface area contributed by atoms with Crippen molar-refractivity contribution in [1.82, 2.24) is 33.3 Å². The Morgan fingerprint density at radius 1 is 0.596 bits per heavy atom. The average Bonchev–Trinajstić information content (AvgIpc) is 3.88. The van der Waals surface area contributed by atoms with Crippen LogP contribution in [0.4, 0.5) is 0 Å². The number of fused-ring (bicyclic) bond motifs is 8. The van der Waals surface area contributed by atoms with Crippen LogP contribution in [0, 0.1) is 20.8 Å². The molecule has 4 saturated heterocycles. The number of nitrogens with zero attached hydrogens (tertiary/aromatic N) is 7. The molecule has 57 heavy (non-hydrogen) atoms. The predicted molar refractivity (Wildman–Crippen MR) is 201 cm³/mol. The molecule has 10 rings (SSSR count). The van der Waals surface area contributed by atoms with E-state index in [2.05, 4.69) is 4.90 Å². The van der Waals surface area contributed by atoms with E-state index in [1.807, 2.05) is 18.7 Å². The van der Waals surface area contributed by atoms with Crippen LogP contribution in [-0.4, -0.2) is 129 Å². The number of pyridine rings is 3. The highest BCUT2D eigenvalue weighted by molar-refractivity contribution is 5.97. The van der Waals surface area contributed by atoms with Crippen LogP contribution in [0.3, 0.4) is 0 Å². The smallest absolute Gasteiger partial charge is 0.276 e. The molecule has 4 fully saturated rings. The van der Waals surface area contributed by atoms with Gasteiger partial charge in [0.1, 0.15) is 6.17 Å². The summed E-state index contributed by atoms with van der Waals surface area (Å²) in [7, 11) is 0. The third-order valence-corrected chi connectivity index (χ3v) is 12.2. The van der Waals surface area contributed by atoms with Crippen LogP contribution in [-0.2, 0) is 29.1 Å². The molecule has 18 heteroatoms. The maximum absolute atomic E-state index is 12.6. The number of aromatic nitrogens is 3. The van der Waals surface area contributed by atoms with Gasteiger partial charge in [-0.15, -0.1) is 0 Å². The van der Waals surface area contributed by atoms with Gasteiger partial charge >= 0.3 is 0 Å². The van der Waals surface area contributed by atoms with Gasteiger partial charge in [-0.1, -0.05) is 0 Å². The predicted octanol–water partition coefficient (Wildman–Crippen LogP) is 0.638. The Hall–Kier alpha value is -5.46. The number of amides is 3. The number of hydrogen-bond donors (Lipinski definition) is 3. The number of rotatable bonds is 0. The summed E-state index contributed by atoms with van der Waals surface area (Å²) in [5.74, 6) is -2.21. The molecule has 3 N–H and O–H groups in total. The van der Waals surface area contributed by atoms with E-state index in [1.54, 1.807) is 62.9 Å². The first-order chi connectivity index (χ1) is 27.1. The molecule has 3 amide bonds. The lowest BCUT2D eigenvalue weighted by atomic mass is 10.1. The number of carbonyl (C=O) groups excluding carboxylic acids is 3. The zero-order chi connectivity index (χ0) is 40.8. The Bertz CT molecular complexity index is 2390. The normalized spacial score (nSPS) is 26.9. The van der Waals surface area contributed by atoms with Crippen molar-refractivity contribution >= 4 is 17.7 Å². The van der Waals surface area contributed by atoms with E-state index in [1.165, 1.54) is 6.42 Å². The van der Waals surface area contributed by atoms with E-state index < -0.39 is 33.5 Å². The largest absolute Gasteiger partial charge is 0.503 e. The summed E-state index contributed by atoms with van der Waals surface area (Å²) in [6, 6.07) is 0.455. The second-order valence-electron chi connectivity index (χ2n) is 16.0. The first-order valence-electron chi connectivity index (χ1n) is 19.3. The topological polar surface area (TPSA) is 209 Å². The van der Waals surface area contributed by atoms with Crippen LogP contribution in [0.2, 0.25) is 0 Å². The monoisotopic (exact) mass is 789 g/mol. The van der Waals surface area contributed by atoms with Gasteiger partial charge in [-0.2, -0.15) is 0 Å². The van der Waals surface area contributed by atoms with Crippen LogP contribution >= 0.6 is 0 Å². The molecule has 0 radical (unpaired) electrons. The first-order valence-corrected chi connectivity index (χ1v) is 19.3. The minimum atomic E-state index is -0.485. The lowest BCUT2D eigenvalue weighted by Crippen LogP contribution is -2.56. The van der Waals surface area contributed by atoms with Crippen molar-refractivity contribution in [2.75, 3.05) is 26.3 Å². The van der Waals surface area contributed by atoms with E-state index in [4.69, 9.17) is 9.47 Å². The summed E-state index contributed by atoms with van der Waals surface area (Å²) < 4.78 is 16.1. The zero-order valence-electron chi connectivity index (χ0n) is 32.5. The molecule has 0 aliphatic carbocycles. The van der Waals surface area contributed by atoms with E-state index in [0.717, 1.165) is 19.4 Å². The average molecular weight is 790 g/mol. The maximum atomic E-state index is 12.6. The first kappa shape index (κ1) is 38.4. The van der Waals surface area contributed by atoms with Crippen molar-refractivity contribution in [3.05, 3.63) is 83.0 Å². The molecule has 3 aromatic rings. The minimum Gasteiger partial charge on any atom is -0.503 e. The van der Waals surface area contributed by atoms with Crippen molar-refractivity contribution in [1.29, 1.82) is 0 Å². The molecule has 304 valence electrons. The van der Waals surface area contributed by atoms with Gasteiger partial charge in [0.2, 0.25) is 16.3 Å². The summed E-state index contributed by atoms with van der Waals surface area (Å²) >= 11 is 0. The number of aryl methyl sites for hydroxylation is 3. The van der Waals surface area contributed by atoms with Crippen LogP contribution in [0.15, 0.2) is 33.0 Å². The summed E-state index contributed by atoms with van der Waals surface area (Å²) in [6.45, 7) is 13.1. The second kappa shape index (κ2) is 14.2. The molecule has 3 aromatic heterocycles. The molecule has 0 aromatic carbocycles. The SMILES string of the molecule is Cc1cn2c(c(O)c1=O)C(=O)N1C[C@H]3CCCN3[C@@H]1C2.Cc1cn2c(c(O)c1=O)C(=O)N1[C@@H](C)CO[C@@H]1C2.Cc1cn2c(c(O)c1=O)C(=O)N1[C@H](C)CCO[C@H]1C2. The van der Waals surface area contributed by atoms with Gasteiger partial charge in [-0.3, -0.25) is 33.7 Å². The van der Waals surface area contributed by atoms with Crippen LogP contribution in [0.5, 0.6) is 17.2 Å². The second-order valence-corrected chi connectivity index (χ2v) is 16.0. The van der Waals surface area contributed by atoms with Crippen molar-refractivity contribution in [3.8, 4) is 17.2 Å². The Morgan fingerprint density at radius 3 is 1.61 bits per heavy atom. The number of aromatic hydroxyl groups is 3. The molecular weight excluding hydrogens is 742 g/mol. The molecule has 18 nitrogen and oxygen atoms in total. The van der Waals surface area contributed by atoms with Crippen LogP contribution in [0.25, 0.3) is 0 Å². The Balaban J connectivity index is 0.000000120. The molecular formula is C39H47N7O11. The molecule has 6 atom stereocenters. The van der Waals surface area contributed by atoms with Gasteiger partial charge in [-0.05, 0) is 53.9 Å². The summed E-state index contributed by atoms with van der Waals surface area (Å²) in [5, 5.41) is 29.9. The number of ether oxygens (including phenoxy) is 2. The van der Waals surface area contributed by atoms with Gasteiger partial charge in [0.15, 0.2) is 46.8 Å². The molecule has 0 spiro atoms. The Morgan fingerprint density at radius 2 is 1.07 bits per heavy atom. The molecule has 10 heterocycles. The number of carbonyl (C=O) groups is 3. The lowest BCUT2D eigenvalue weighted by Gasteiger charge is -2.44. The third-order valence-electron chi connectivity index (χ3n) is 12.2. The van der Waals surface area contributed by atoms with Crippen molar-refractivity contribution < 1.29 is 39.2 Å². The maximum Gasteiger partial charge on any atom is 0.276 e. The van der Waals surface area contributed by atoms with Gasteiger partial charge in [0.05, 0.1) is 38.9 Å². The standard InChI is InChI=1S/C14H17N3O3.C13H16N2O4.C12H14N2O4/c1-8-5-15-7-10-16-4-2-3-9(16)6-17(10)14(20)11(15)13(19)12(8)18;1-7-5-14-6-9-15(8(2)3-4-19-9)13(18)10(14)12(17)11(7)16;1-6-3-13-4-8-14(7(2)5-18-8)12(17)9(13)11(16)10(6)15/h5,9-10,19H,2-4,6-7H2,1H3;5,8-9,17H,3-4,6H2,1-2H3;3,7-8,16H,4-5H2,1-2H3/t9-,10+;8-,9+;7-,8+/m110/s1. The third kappa shape index (κ3) is 6.12. The summed E-state index contributed by atoms with van der Waals surface area (Å²) in [6.07, 6.45) is 7.42. The zero-order valence-corrected chi connectivity index (χ0v) is 32.5. The van der Waals surface area contributed by atoms with Crippen LogP contribution in [0.1, 0.15) is 81.3 Å². The highest BCUT2D eigenvalue weighted by Gasteiger charge is 2.48. The minimum absolute atomic E-state index is 0.0351. The van der Waals surface area contributed by atoms with Crippen LogP contribution < -0.4 is 16.3 Å². The van der Waals surface area contributed by atoms with E-state index in [9.17, 15) is 44.1 Å². The fourth-order valence-corrected chi connectivity index (χ4v) is 9.27. The highest BCUT2D eigenvalue weighted by Crippen LogP contribution is 2.36. The van der Waals surface area contributed by atoms with Gasteiger partial charge in [0, 0.05) is 60.5 Å². The number of hydrogen-bond acceptors (Lipinski definition) is 12. The summed E-state index contributed by atoms with van der Waals surface area (Å²) in [4.78, 5) is 80.1. The quantitative estimate of drug-likeness (QED) is 0.287. The van der Waals surface area contributed by atoms with Crippen molar-refractivity contribution in [3.63, 3.8) is 0 Å². The van der Waals surface area contributed by atoms with Gasteiger partial charge in [-0.25, -0.2) is 0 Å². The molecule has 7 aliphatic rings. The Kier molecular flexibility index (Phi) is 9.55. The molecule has 7 aliphatic heterocycles. The molecule has 0 bridgehead atoms. The fraction of sp³-hybridized carbons (Fsp3) is 0.538. The van der Waals surface area contributed by atoms with Gasteiger partial charge < -0.3 is 53.2 Å². The lowest BCUT2D eigenvalue weighted by molar-refractivity contribution is -0.112. The highest BCUT2D eigenvalue weighted by atomic mass is 16.5. The van der Waals surface area contributed by atoms with Gasteiger partial charge in [0.25, 0.3) is 17.7 Å². The van der Waals surface area contributed by atoms with E-state index in [0.29, 0.717) is 62.1 Å². The molecule has 0 unspecified atom stereocenters. The fourth-order valence-electron chi connectivity index (χ4n) is 9.27. The van der Waals surface area contributed by atoms with E-state index in [-0.39, 0.29) is 65.5 Å². The molecule has 0 saturated carbocycles. The van der Waals surface area contributed by atoms with Crippen molar-refractivity contribution in [2.45, 2.75) is 110 Å².